The van der Waals surface area contributed by atoms with E-state index in [4.69, 9.17) is 11.5 Å². The molecule has 1 saturated carbocycles. The maximum absolute atomic E-state index is 11.8. The Morgan fingerprint density at radius 3 is 2.19 bits per heavy atom. The Morgan fingerprint density at radius 2 is 1.81 bits per heavy atom. The Kier molecular flexibility index (Phi) is 2.10. The first kappa shape index (κ1) is 11.1. The van der Waals surface area contributed by atoms with E-state index in [9.17, 15) is 14.4 Å². The zero-order valence-corrected chi connectivity index (χ0v) is 9.27. The average Bonchev–Trinajstić information content (AvgIpc) is 2.64. The van der Waals surface area contributed by atoms with Gasteiger partial charge < -0.3 is 11.5 Å². The molecule has 2 rings (SSSR count). The monoisotopic (exact) mass is 225 g/mol. The van der Waals surface area contributed by atoms with E-state index < -0.39 is 11.9 Å². The summed E-state index contributed by atoms with van der Waals surface area (Å²) >= 11 is 0. The topological polar surface area (TPSA) is 106 Å². The molecule has 1 aliphatic carbocycles. The van der Waals surface area contributed by atoms with Crippen LogP contribution in [0.5, 0.6) is 0 Å². The summed E-state index contributed by atoms with van der Waals surface area (Å²) in [6, 6.07) is -0.978. The van der Waals surface area contributed by atoms with Gasteiger partial charge in [0.1, 0.15) is 6.04 Å². The fourth-order valence-electron chi connectivity index (χ4n) is 2.47. The van der Waals surface area contributed by atoms with Crippen molar-refractivity contribution in [3.63, 3.8) is 0 Å². The molecule has 16 heavy (non-hydrogen) atoms. The highest BCUT2D eigenvalue weighted by Crippen LogP contribution is 2.63. The van der Waals surface area contributed by atoms with Crippen molar-refractivity contribution in [3.05, 3.63) is 0 Å². The Labute approximate surface area is 92.9 Å². The third-order valence-corrected chi connectivity index (χ3v) is 3.64. The van der Waals surface area contributed by atoms with Crippen molar-refractivity contribution >= 4 is 17.7 Å². The molecule has 4 N–H and O–H groups in total. The van der Waals surface area contributed by atoms with Crippen molar-refractivity contribution in [3.8, 4) is 0 Å². The summed E-state index contributed by atoms with van der Waals surface area (Å²) in [7, 11) is 0. The van der Waals surface area contributed by atoms with Gasteiger partial charge in [-0.25, -0.2) is 0 Å². The van der Waals surface area contributed by atoms with Crippen LogP contribution in [0.3, 0.4) is 0 Å². The SMILES string of the molecule is CC1(C)C2C(=O)N(CC(N)C(N)=O)C(=O)C21. The Bertz CT molecular complexity index is 367. The normalized spacial score (nSPS) is 32.6. The first-order valence-electron chi connectivity index (χ1n) is 5.18. The Morgan fingerprint density at radius 1 is 1.38 bits per heavy atom. The standard InChI is InChI=1S/C10H15N3O3/c1-10(2)5-6(10)9(16)13(8(5)15)3-4(11)7(12)14/h4-6H,3,11H2,1-2H3,(H2,12,14). The molecular formula is C10H15N3O3. The highest BCUT2D eigenvalue weighted by molar-refractivity contribution is 6.10. The van der Waals surface area contributed by atoms with Crippen molar-refractivity contribution in [2.75, 3.05) is 6.54 Å². The minimum absolute atomic E-state index is 0.101. The molecule has 0 bridgehead atoms. The van der Waals surface area contributed by atoms with E-state index >= 15 is 0 Å². The van der Waals surface area contributed by atoms with Crippen molar-refractivity contribution in [2.45, 2.75) is 19.9 Å². The molecule has 2 aliphatic rings. The highest BCUT2D eigenvalue weighted by atomic mass is 16.2. The number of fused-ring (bicyclic) bond motifs is 1. The molecule has 3 amide bonds. The smallest absolute Gasteiger partial charge is 0.236 e. The van der Waals surface area contributed by atoms with Gasteiger partial charge in [0.25, 0.3) is 0 Å². The number of carbonyl (C=O) groups is 3. The largest absolute Gasteiger partial charge is 0.368 e. The molecule has 0 radical (unpaired) electrons. The molecule has 0 aromatic rings. The van der Waals surface area contributed by atoms with Crippen molar-refractivity contribution in [2.24, 2.45) is 28.7 Å². The number of primary amides is 1. The maximum atomic E-state index is 11.8. The molecule has 6 heteroatoms. The molecule has 0 spiro atoms. The first-order chi connectivity index (χ1) is 7.28. The summed E-state index contributed by atoms with van der Waals surface area (Å²) in [4.78, 5) is 35.5. The average molecular weight is 225 g/mol. The van der Waals surface area contributed by atoms with Gasteiger partial charge in [-0.15, -0.1) is 0 Å². The van der Waals surface area contributed by atoms with Crippen LogP contribution in [0, 0.1) is 17.3 Å². The van der Waals surface area contributed by atoms with E-state index in [-0.39, 0.29) is 35.6 Å². The first-order valence-corrected chi connectivity index (χ1v) is 5.18. The fraction of sp³-hybridized carbons (Fsp3) is 0.700. The molecule has 2 fully saturated rings. The lowest BCUT2D eigenvalue weighted by molar-refractivity contribution is -0.143. The lowest BCUT2D eigenvalue weighted by Crippen LogP contribution is -2.49. The fourth-order valence-corrected chi connectivity index (χ4v) is 2.47. The van der Waals surface area contributed by atoms with Crippen molar-refractivity contribution < 1.29 is 14.4 Å². The van der Waals surface area contributed by atoms with Crippen LogP contribution < -0.4 is 11.5 Å². The summed E-state index contributed by atoms with van der Waals surface area (Å²) < 4.78 is 0. The number of piperidine rings is 1. The Balaban J connectivity index is 2.09. The molecule has 0 aromatic carbocycles. The van der Waals surface area contributed by atoms with E-state index in [2.05, 4.69) is 0 Å². The number of nitrogens with zero attached hydrogens (tertiary/aromatic N) is 1. The number of hydrogen-bond donors (Lipinski definition) is 2. The van der Waals surface area contributed by atoms with Gasteiger partial charge in [-0.05, 0) is 5.41 Å². The molecule has 88 valence electrons. The summed E-state index contributed by atoms with van der Waals surface area (Å²) in [6.45, 7) is 3.68. The molecule has 1 heterocycles. The van der Waals surface area contributed by atoms with Gasteiger partial charge >= 0.3 is 0 Å². The molecule has 3 unspecified atom stereocenters. The predicted octanol–water partition coefficient (Wildman–Crippen LogP) is -1.56. The van der Waals surface area contributed by atoms with Crippen molar-refractivity contribution in [1.82, 2.24) is 4.90 Å². The summed E-state index contributed by atoms with van der Waals surface area (Å²) in [5.74, 6) is -1.63. The van der Waals surface area contributed by atoms with Crippen molar-refractivity contribution in [1.29, 1.82) is 0 Å². The number of amides is 3. The van der Waals surface area contributed by atoms with Gasteiger partial charge in [0.15, 0.2) is 0 Å². The Hall–Kier alpha value is -1.43. The summed E-state index contributed by atoms with van der Waals surface area (Å²) in [5.41, 5.74) is 10.2. The van der Waals surface area contributed by atoms with E-state index in [1.807, 2.05) is 13.8 Å². The second kappa shape index (κ2) is 3.04. The highest BCUT2D eigenvalue weighted by Gasteiger charge is 2.72. The van der Waals surface area contributed by atoms with Crippen LogP contribution in [-0.4, -0.2) is 35.2 Å². The van der Waals surface area contributed by atoms with Crippen LogP contribution in [0.4, 0.5) is 0 Å². The molecule has 0 aromatic heterocycles. The van der Waals surface area contributed by atoms with Crippen LogP contribution in [0.15, 0.2) is 0 Å². The third kappa shape index (κ3) is 1.26. The molecular weight excluding hydrogens is 210 g/mol. The van der Waals surface area contributed by atoms with Crippen LogP contribution in [0.2, 0.25) is 0 Å². The number of hydrogen-bond acceptors (Lipinski definition) is 4. The number of nitrogens with two attached hydrogens (primary N) is 2. The van der Waals surface area contributed by atoms with E-state index in [0.29, 0.717) is 0 Å². The lowest BCUT2D eigenvalue weighted by Gasteiger charge is -2.22. The van der Waals surface area contributed by atoms with E-state index in [0.717, 1.165) is 4.90 Å². The maximum Gasteiger partial charge on any atom is 0.236 e. The van der Waals surface area contributed by atoms with Crippen LogP contribution in [0.25, 0.3) is 0 Å². The number of likely N-dealkylation sites (tertiary alicyclic amines) is 1. The zero-order chi connectivity index (χ0) is 12.2. The van der Waals surface area contributed by atoms with Gasteiger partial charge in [0.2, 0.25) is 17.7 Å². The van der Waals surface area contributed by atoms with Gasteiger partial charge in [0, 0.05) is 0 Å². The van der Waals surface area contributed by atoms with Crippen LogP contribution in [0.1, 0.15) is 13.8 Å². The molecule has 3 atom stereocenters. The summed E-state index contributed by atoms with van der Waals surface area (Å²) in [6.07, 6.45) is 0. The van der Waals surface area contributed by atoms with Gasteiger partial charge in [-0.3, -0.25) is 19.3 Å². The minimum Gasteiger partial charge on any atom is -0.368 e. The predicted molar refractivity (Wildman–Crippen MR) is 54.7 cm³/mol. The van der Waals surface area contributed by atoms with Gasteiger partial charge in [-0.1, -0.05) is 13.8 Å². The van der Waals surface area contributed by atoms with Crippen LogP contribution >= 0.6 is 0 Å². The number of imide groups is 1. The molecule has 6 nitrogen and oxygen atoms in total. The second-order valence-electron chi connectivity index (χ2n) is 5.07. The number of carbonyl (C=O) groups excluding carboxylic acids is 3. The van der Waals surface area contributed by atoms with E-state index in [1.165, 1.54) is 0 Å². The third-order valence-electron chi connectivity index (χ3n) is 3.64. The van der Waals surface area contributed by atoms with Gasteiger partial charge in [-0.2, -0.15) is 0 Å². The molecule has 1 aliphatic heterocycles. The van der Waals surface area contributed by atoms with Gasteiger partial charge in [0.05, 0.1) is 18.4 Å². The van der Waals surface area contributed by atoms with E-state index in [1.54, 1.807) is 0 Å². The van der Waals surface area contributed by atoms with Crippen LogP contribution in [-0.2, 0) is 14.4 Å². The second-order valence-corrected chi connectivity index (χ2v) is 5.07. The number of rotatable bonds is 3. The lowest BCUT2D eigenvalue weighted by atomic mass is 10.1. The quantitative estimate of drug-likeness (QED) is 0.566. The summed E-state index contributed by atoms with van der Waals surface area (Å²) in [5, 5.41) is 0. The minimum atomic E-state index is -0.978. The molecule has 1 saturated heterocycles. The zero-order valence-electron chi connectivity index (χ0n) is 9.27.